The summed E-state index contributed by atoms with van der Waals surface area (Å²) < 4.78 is 13.8. The van der Waals surface area contributed by atoms with Crippen molar-refractivity contribution in [3.05, 3.63) is 53.3 Å². The molecule has 2 rings (SSSR count). The first-order chi connectivity index (χ1) is 11.3. The van der Waals surface area contributed by atoms with Crippen molar-refractivity contribution >= 4 is 28.9 Å². The molecule has 0 spiro atoms. The highest BCUT2D eigenvalue weighted by atomic mass is 19.1. The molecule has 0 radical (unpaired) electrons. The Labute approximate surface area is 140 Å². The van der Waals surface area contributed by atoms with Crippen LogP contribution in [-0.2, 0) is 9.59 Å². The van der Waals surface area contributed by atoms with Gasteiger partial charge in [-0.3, -0.25) is 9.59 Å². The summed E-state index contributed by atoms with van der Waals surface area (Å²) in [5.74, 6) is -1.03. The van der Waals surface area contributed by atoms with Crippen LogP contribution in [0.1, 0.15) is 18.1 Å². The maximum atomic E-state index is 13.8. The molecule has 2 amide bonds. The minimum absolute atomic E-state index is 0.0895. The second-order valence-electron chi connectivity index (χ2n) is 5.60. The first-order valence-corrected chi connectivity index (χ1v) is 7.53. The van der Waals surface area contributed by atoms with Gasteiger partial charge in [-0.05, 0) is 43.7 Å². The number of carbonyl (C=O) groups is 2. The fraction of sp³-hybridized carbons (Fsp3) is 0.222. The van der Waals surface area contributed by atoms with Gasteiger partial charge in [0.05, 0.1) is 12.2 Å². The third-order valence-corrected chi connectivity index (χ3v) is 3.38. The van der Waals surface area contributed by atoms with Crippen molar-refractivity contribution in [3.63, 3.8) is 0 Å². The van der Waals surface area contributed by atoms with Crippen molar-refractivity contribution in [2.75, 3.05) is 22.5 Å². The monoisotopic (exact) mass is 329 g/mol. The Balaban J connectivity index is 1.99. The van der Waals surface area contributed by atoms with Gasteiger partial charge in [-0.1, -0.05) is 17.7 Å². The van der Waals surface area contributed by atoms with E-state index in [0.717, 1.165) is 16.8 Å². The summed E-state index contributed by atoms with van der Waals surface area (Å²) in [5.41, 5.74) is 3.40. The van der Waals surface area contributed by atoms with Gasteiger partial charge in [0.2, 0.25) is 11.8 Å². The summed E-state index contributed by atoms with van der Waals surface area (Å²) >= 11 is 0. The van der Waals surface area contributed by atoms with Gasteiger partial charge in [-0.25, -0.2) is 4.39 Å². The highest BCUT2D eigenvalue weighted by molar-refractivity contribution is 5.94. The molecule has 3 N–H and O–H groups in total. The molecule has 5 nitrogen and oxygen atoms in total. The van der Waals surface area contributed by atoms with E-state index in [1.807, 2.05) is 32.0 Å². The van der Waals surface area contributed by atoms with E-state index in [2.05, 4.69) is 16.0 Å². The topological polar surface area (TPSA) is 70.2 Å². The van der Waals surface area contributed by atoms with E-state index in [0.29, 0.717) is 5.69 Å². The first-order valence-electron chi connectivity index (χ1n) is 7.53. The minimum atomic E-state index is -0.497. The summed E-state index contributed by atoms with van der Waals surface area (Å²) in [4.78, 5) is 23.1. The quantitative estimate of drug-likeness (QED) is 0.787. The van der Waals surface area contributed by atoms with Crippen LogP contribution in [0, 0.1) is 19.7 Å². The number of aryl methyl sites for hydroxylation is 2. The molecule has 0 aliphatic rings. The summed E-state index contributed by atoms with van der Waals surface area (Å²) in [6.45, 7) is 5.17. The lowest BCUT2D eigenvalue weighted by Gasteiger charge is -2.12. The van der Waals surface area contributed by atoms with Crippen LogP contribution < -0.4 is 16.0 Å². The van der Waals surface area contributed by atoms with Gasteiger partial charge in [0, 0.05) is 18.3 Å². The van der Waals surface area contributed by atoms with Crippen LogP contribution in [0.2, 0.25) is 0 Å². The zero-order chi connectivity index (χ0) is 17.7. The van der Waals surface area contributed by atoms with Crippen molar-refractivity contribution in [1.82, 2.24) is 0 Å². The van der Waals surface area contributed by atoms with Crippen LogP contribution >= 0.6 is 0 Å². The van der Waals surface area contributed by atoms with Gasteiger partial charge in [0.1, 0.15) is 5.82 Å². The summed E-state index contributed by atoms with van der Waals surface area (Å²) in [6, 6.07) is 9.85. The van der Waals surface area contributed by atoms with Crippen molar-refractivity contribution < 1.29 is 14.0 Å². The molecule has 0 aromatic heterocycles. The fourth-order valence-corrected chi connectivity index (χ4v) is 2.27. The van der Waals surface area contributed by atoms with Crippen molar-refractivity contribution in [2.24, 2.45) is 0 Å². The molecule has 0 bridgehead atoms. The molecule has 2 aromatic rings. The lowest BCUT2D eigenvalue weighted by molar-refractivity contribution is -0.115. The standard InChI is InChI=1S/C18H20FN3O2/c1-11-4-7-16(12(2)8-11)22-18(24)10-20-17-9-14(21-13(3)23)5-6-15(17)19/h4-9,20H,10H2,1-3H3,(H,21,23)(H,22,24). The van der Waals surface area contributed by atoms with E-state index < -0.39 is 5.82 Å². The van der Waals surface area contributed by atoms with E-state index in [1.54, 1.807) is 0 Å². The van der Waals surface area contributed by atoms with Crippen LogP contribution in [0.15, 0.2) is 36.4 Å². The molecule has 0 unspecified atom stereocenters. The predicted octanol–water partition coefficient (Wildman–Crippen LogP) is 3.45. The molecule has 0 heterocycles. The van der Waals surface area contributed by atoms with Crippen molar-refractivity contribution in [1.29, 1.82) is 0 Å². The highest BCUT2D eigenvalue weighted by Crippen LogP contribution is 2.20. The molecule has 126 valence electrons. The lowest BCUT2D eigenvalue weighted by Crippen LogP contribution is -2.22. The Bertz CT molecular complexity index is 775. The smallest absolute Gasteiger partial charge is 0.243 e. The van der Waals surface area contributed by atoms with Crippen LogP contribution in [0.5, 0.6) is 0 Å². The maximum Gasteiger partial charge on any atom is 0.243 e. The van der Waals surface area contributed by atoms with Crippen LogP contribution in [0.3, 0.4) is 0 Å². The molecule has 24 heavy (non-hydrogen) atoms. The molecule has 0 saturated heterocycles. The third kappa shape index (κ3) is 4.81. The highest BCUT2D eigenvalue weighted by Gasteiger charge is 2.08. The van der Waals surface area contributed by atoms with E-state index in [-0.39, 0.29) is 24.0 Å². The third-order valence-electron chi connectivity index (χ3n) is 3.38. The molecule has 0 aliphatic heterocycles. The maximum absolute atomic E-state index is 13.8. The number of nitrogens with one attached hydrogen (secondary N) is 3. The Kier molecular flexibility index (Phi) is 5.52. The minimum Gasteiger partial charge on any atom is -0.374 e. The van der Waals surface area contributed by atoms with E-state index in [1.165, 1.54) is 25.1 Å². The van der Waals surface area contributed by atoms with Crippen molar-refractivity contribution in [2.45, 2.75) is 20.8 Å². The average Bonchev–Trinajstić information content (AvgIpc) is 2.50. The van der Waals surface area contributed by atoms with Gasteiger partial charge in [-0.2, -0.15) is 0 Å². The molecule has 6 heteroatoms. The number of rotatable bonds is 5. The number of hydrogen-bond acceptors (Lipinski definition) is 3. The van der Waals surface area contributed by atoms with Crippen LogP contribution in [0.25, 0.3) is 0 Å². The summed E-state index contributed by atoms with van der Waals surface area (Å²) in [7, 11) is 0. The van der Waals surface area contributed by atoms with Gasteiger partial charge < -0.3 is 16.0 Å². The molecular weight excluding hydrogens is 309 g/mol. The van der Waals surface area contributed by atoms with Crippen LogP contribution in [-0.4, -0.2) is 18.4 Å². The lowest BCUT2D eigenvalue weighted by atomic mass is 10.1. The van der Waals surface area contributed by atoms with E-state index in [4.69, 9.17) is 0 Å². The van der Waals surface area contributed by atoms with E-state index >= 15 is 0 Å². The van der Waals surface area contributed by atoms with Gasteiger partial charge in [0.25, 0.3) is 0 Å². The van der Waals surface area contributed by atoms with Gasteiger partial charge in [-0.15, -0.1) is 0 Å². The second-order valence-corrected chi connectivity index (χ2v) is 5.60. The molecule has 0 fully saturated rings. The number of halogens is 1. The zero-order valence-electron chi connectivity index (χ0n) is 13.9. The van der Waals surface area contributed by atoms with Crippen molar-refractivity contribution in [3.8, 4) is 0 Å². The Morgan fingerprint density at radius 1 is 1.00 bits per heavy atom. The molecule has 0 saturated carbocycles. The van der Waals surface area contributed by atoms with Gasteiger partial charge in [0.15, 0.2) is 0 Å². The molecular formula is C18H20FN3O2. The zero-order valence-corrected chi connectivity index (χ0v) is 13.9. The number of benzene rings is 2. The normalized spacial score (nSPS) is 10.2. The summed E-state index contributed by atoms with van der Waals surface area (Å²) in [5, 5.41) is 8.09. The number of anilines is 3. The summed E-state index contributed by atoms with van der Waals surface area (Å²) in [6.07, 6.45) is 0. The molecule has 2 aromatic carbocycles. The Morgan fingerprint density at radius 2 is 1.75 bits per heavy atom. The van der Waals surface area contributed by atoms with Gasteiger partial charge >= 0.3 is 0 Å². The first kappa shape index (κ1) is 17.5. The second kappa shape index (κ2) is 7.59. The number of hydrogen-bond donors (Lipinski definition) is 3. The SMILES string of the molecule is CC(=O)Nc1ccc(F)c(NCC(=O)Nc2ccc(C)cc2C)c1. The Hall–Kier alpha value is -2.89. The van der Waals surface area contributed by atoms with Crippen LogP contribution in [0.4, 0.5) is 21.5 Å². The molecule has 0 atom stereocenters. The average molecular weight is 329 g/mol. The predicted molar refractivity (Wildman–Crippen MR) is 93.7 cm³/mol. The fourth-order valence-electron chi connectivity index (χ4n) is 2.27. The number of carbonyl (C=O) groups excluding carboxylic acids is 2. The largest absolute Gasteiger partial charge is 0.374 e. The number of amides is 2. The van der Waals surface area contributed by atoms with E-state index in [9.17, 15) is 14.0 Å². The Morgan fingerprint density at radius 3 is 2.42 bits per heavy atom. The molecule has 0 aliphatic carbocycles.